The smallest absolute Gasteiger partial charge is 0.240 e. The molecular weight excluding hydrogens is 352 g/mol. The summed E-state index contributed by atoms with van der Waals surface area (Å²) in [5, 5.41) is 4.11. The van der Waals surface area contributed by atoms with Crippen molar-refractivity contribution in [3.05, 3.63) is 11.7 Å². The number of nitrogens with zero attached hydrogens (tertiary/aromatic N) is 4. The number of likely N-dealkylation sites (tertiary alicyclic amines) is 2. The number of halogens is 1. The number of amides is 1. The second-order valence-electron chi connectivity index (χ2n) is 8.06. The Kier molecular flexibility index (Phi) is 6.56. The third-order valence-electron chi connectivity index (χ3n) is 6.17. The van der Waals surface area contributed by atoms with Crippen LogP contribution in [0, 0.1) is 5.92 Å². The summed E-state index contributed by atoms with van der Waals surface area (Å²) in [7, 11) is 0. The van der Waals surface area contributed by atoms with E-state index in [9.17, 15) is 4.79 Å². The first-order valence-corrected chi connectivity index (χ1v) is 10.0. The SMILES string of the molecule is CC(=O)N1CCCCCC1C1CCN(Cc2nc(C3CC3)no2)CC1.Cl. The van der Waals surface area contributed by atoms with Crippen LogP contribution in [-0.4, -0.2) is 51.5 Å². The highest BCUT2D eigenvalue weighted by atomic mass is 35.5. The number of rotatable bonds is 4. The molecule has 1 amide bonds. The normalized spacial score (nSPS) is 25.6. The summed E-state index contributed by atoms with van der Waals surface area (Å²) in [4.78, 5) is 21.2. The summed E-state index contributed by atoms with van der Waals surface area (Å²) in [6.45, 7) is 5.59. The number of aromatic nitrogens is 2. The Labute approximate surface area is 162 Å². The predicted octanol–water partition coefficient (Wildman–Crippen LogP) is 3.37. The van der Waals surface area contributed by atoms with Crippen LogP contribution < -0.4 is 0 Å². The highest BCUT2D eigenvalue weighted by Crippen LogP contribution is 2.38. The highest BCUT2D eigenvalue weighted by Gasteiger charge is 2.33. The summed E-state index contributed by atoms with van der Waals surface area (Å²) in [6, 6.07) is 0.451. The van der Waals surface area contributed by atoms with Crippen LogP contribution in [0.15, 0.2) is 4.52 Å². The highest BCUT2D eigenvalue weighted by molar-refractivity contribution is 5.85. The van der Waals surface area contributed by atoms with E-state index in [1.807, 2.05) is 0 Å². The van der Waals surface area contributed by atoms with Gasteiger partial charge in [0.05, 0.1) is 6.54 Å². The third kappa shape index (κ3) is 4.58. The molecule has 0 aromatic carbocycles. The molecule has 2 saturated heterocycles. The molecule has 7 heteroatoms. The summed E-state index contributed by atoms with van der Waals surface area (Å²) in [6.07, 6.45) is 9.61. The van der Waals surface area contributed by atoms with E-state index in [4.69, 9.17) is 4.52 Å². The Bertz CT molecular complexity index is 596. The van der Waals surface area contributed by atoms with Gasteiger partial charge in [0.2, 0.25) is 11.8 Å². The fourth-order valence-corrected chi connectivity index (χ4v) is 4.54. The van der Waals surface area contributed by atoms with Gasteiger partial charge in [-0.25, -0.2) is 0 Å². The number of hydrogen-bond acceptors (Lipinski definition) is 5. The van der Waals surface area contributed by atoms with Gasteiger partial charge in [0, 0.05) is 25.4 Å². The van der Waals surface area contributed by atoms with Crippen LogP contribution in [0.25, 0.3) is 0 Å². The zero-order valence-electron chi connectivity index (χ0n) is 15.7. The second kappa shape index (κ2) is 8.70. The predicted molar refractivity (Wildman–Crippen MR) is 101 cm³/mol. The minimum atomic E-state index is 0. The average molecular weight is 383 g/mol. The van der Waals surface area contributed by atoms with Crippen LogP contribution in [0.5, 0.6) is 0 Å². The Morgan fingerprint density at radius 1 is 1.08 bits per heavy atom. The lowest BCUT2D eigenvalue weighted by Crippen LogP contribution is -2.47. The number of hydrogen-bond donors (Lipinski definition) is 0. The van der Waals surface area contributed by atoms with Gasteiger partial charge in [-0.2, -0.15) is 4.98 Å². The van der Waals surface area contributed by atoms with Crippen molar-refractivity contribution in [1.29, 1.82) is 0 Å². The summed E-state index contributed by atoms with van der Waals surface area (Å²) >= 11 is 0. The maximum absolute atomic E-state index is 12.1. The van der Waals surface area contributed by atoms with Crippen molar-refractivity contribution in [1.82, 2.24) is 19.9 Å². The Balaban J connectivity index is 0.00000196. The first-order chi connectivity index (χ1) is 12.2. The zero-order valence-corrected chi connectivity index (χ0v) is 16.5. The van der Waals surface area contributed by atoms with Crippen LogP contribution in [0.4, 0.5) is 0 Å². The van der Waals surface area contributed by atoms with Gasteiger partial charge in [0.15, 0.2) is 5.82 Å². The van der Waals surface area contributed by atoms with E-state index < -0.39 is 0 Å². The summed E-state index contributed by atoms with van der Waals surface area (Å²) < 4.78 is 5.42. The van der Waals surface area contributed by atoms with E-state index in [0.29, 0.717) is 17.9 Å². The van der Waals surface area contributed by atoms with Gasteiger partial charge < -0.3 is 9.42 Å². The lowest BCUT2D eigenvalue weighted by atomic mass is 9.86. The van der Waals surface area contributed by atoms with E-state index in [-0.39, 0.29) is 18.3 Å². The minimum absolute atomic E-state index is 0. The molecule has 1 aromatic heterocycles. The van der Waals surface area contributed by atoms with E-state index in [2.05, 4.69) is 19.9 Å². The molecule has 26 heavy (non-hydrogen) atoms. The van der Waals surface area contributed by atoms with Gasteiger partial charge in [-0.3, -0.25) is 9.69 Å². The number of carbonyl (C=O) groups is 1. The Morgan fingerprint density at radius 3 is 2.54 bits per heavy atom. The molecule has 3 fully saturated rings. The topological polar surface area (TPSA) is 62.5 Å². The molecular formula is C19H31ClN4O2. The molecule has 0 radical (unpaired) electrons. The van der Waals surface area contributed by atoms with Crippen LogP contribution in [0.3, 0.4) is 0 Å². The third-order valence-corrected chi connectivity index (χ3v) is 6.17. The van der Waals surface area contributed by atoms with Gasteiger partial charge in [-0.15, -0.1) is 12.4 Å². The summed E-state index contributed by atoms with van der Waals surface area (Å²) in [5.74, 6) is 3.12. The van der Waals surface area contributed by atoms with Crippen molar-refractivity contribution in [3.8, 4) is 0 Å². The van der Waals surface area contributed by atoms with Gasteiger partial charge in [0.1, 0.15) is 0 Å². The van der Waals surface area contributed by atoms with Gasteiger partial charge in [0.25, 0.3) is 0 Å². The minimum Gasteiger partial charge on any atom is -0.340 e. The molecule has 0 spiro atoms. The molecule has 0 bridgehead atoms. The van der Waals surface area contributed by atoms with Crippen molar-refractivity contribution in [3.63, 3.8) is 0 Å². The van der Waals surface area contributed by atoms with Crippen molar-refractivity contribution in [2.45, 2.75) is 76.8 Å². The lowest BCUT2D eigenvalue weighted by molar-refractivity contribution is -0.132. The fraction of sp³-hybridized carbons (Fsp3) is 0.842. The molecule has 1 unspecified atom stereocenters. The molecule has 0 N–H and O–H groups in total. The molecule has 1 aliphatic carbocycles. The maximum atomic E-state index is 12.1. The molecule has 3 heterocycles. The van der Waals surface area contributed by atoms with E-state index >= 15 is 0 Å². The van der Waals surface area contributed by atoms with Crippen molar-refractivity contribution >= 4 is 18.3 Å². The van der Waals surface area contributed by atoms with Gasteiger partial charge in [-0.05, 0) is 57.5 Å². The lowest BCUT2D eigenvalue weighted by Gasteiger charge is -2.40. The average Bonchev–Trinajstić information content (AvgIpc) is 3.40. The van der Waals surface area contributed by atoms with Crippen LogP contribution >= 0.6 is 12.4 Å². The summed E-state index contributed by atoms with van der Waals surface area (Å²) in [5.41, 5.74) is 0. The fourth-order valence-electron chi connectivity index (χ4n) is 4.54. The second-order valence-corrected chi connectivity index (χ2v) is 8.06. The first kappa shape index (κ1) is 19.6. The van der Waals surface area contributed by atoms with Crippen LogP contribution in [-0.2, 0) is 11.3 Å². The van der Waals surface area contributed by atoms with Crippen molar-refractivity contribution < 1.29 is 9.32 Å². The Hall–Kier alpha value is -1.14. The van der Waals surface area contributed by atoms with Gasteiger partial charge >= 0.3 is 0 Å². The molecule has 6 nitrogen and oxygen atoms in total. The first-order valence-electron chi connectivity index (χ1n) is 10.0. The number of piperidine rings is 1. The molecule has 146 valence electrons. The quantitative estimate of drug-likeness (QED) is 0.798. The van der Waals surface area contributed by atoms with Crippen LogP contribution in [0.2, 0.25) is 0 Å². The molecule has 2 aliphatic heterocycles. The van der Waals surface area contributed by atoms with Crippen LogP contribution in [0.1, 0.15) is 75.9 Å². The molecule has 4 rings (SSSR count). The van der Waals surface area contributed by atoms with Crippen molar-refractivity contribution in [2.75, 3.05) is 19.6 Å². The maximum Gasteiger partial charge on any atom is 0.240 e. The molecule has 1 aromatic rings. The standard InChI is InChI=1S/C19H30N4O2.ClH/c1-14(24)23-10-4-2-3-5-17(23)15-8-11-22(12-9-15)13-18-20-19(21-25-18)16-6-7-16;/h15-17H,2-13H2,1H3;1H. The molecule has 3 aliphatic rings. The molecule has 1 atom stereocenters. The van der Waals surface area contributed by atoms with E-state index in [0.717, 1.165) is 57.2 Å². The Morgan fingerprint density at radius 2 is 1.85 bits per heavy atom. The molecule has 1 saturated carbocycles. The van der Waals surface area contributed by atoms with E-state index in [1.165, 1.54) is 32.1 Å². The monoisotopic (exact) mass is 382 g/mol. The zero-order chi connectivity index (χ0) is 17.2. The van der Waals surface area contributed by atoms with Crippen molar-refractivity contribution in [2.24, 2.45) is 5.92 Å². The largest absolute Gasteiger partial charge is 0.340 e. The van der Waals surface area contributed by atoms with Gasteiger partial charge in [-0.1, -0.05) is 18.0 Å². The van der Waals surface area contributed by atoms with E-state index in [1.54, 1.807) is 6.92 Å². The number of carbonyl (C=O) groups excluding carboxylic acids is 1.